The fourth-order valence-corrected chi connectivity index (χ4v) is 3.24. The average molecular weight is 396 g/mol. The van der Waals surface area contributed by atoms with E-state index >= 15 is 0 Å². The minimum atomic E-state index is -1.55. The third-order valence-electron chi connectivity index (χ3n) is 3.35. The van der Waals surface area contributed by atoms with Gasteiger partial charge in [0.05, 0.1) is 6.54 Å². The quantitative estimate of drug-likeness (QED) is 0.480. The third kappa shape index (κ3) is 5.12. The highest BCUT2D eigenvalue weighted by molar-refractivity contribution is 7.94. The third-order valence-corrected chi connectivity index (χ3v) is 4.71. The van der Waals surface area contributed by atoms with E-state index in [-0.39, 0.29) is 13.0 Å². The van der Waals surface area contributed by atoms with Crippen LogP contribution in [0.3, 0.4) is 0 Å². The lowest BCUT2D eigenvalue weighted by molar-refractivity contribution is 0.101. The Morgan fingerprint density at radius 3 is 2.60 bits per heavy atom. The van der Waals surface area contributed by atoms with Crippen molar-refractivity contribution in [3.8, 4) is 5.75 Å². The number of aliphatic hydroxyl groups is 1. The summed E-state index contributed by atoms with van der Waals surface area (Å²) in [6, 6.07) is 16.6. The van der Waals surface area contributed by atoms with E-state index in [4.69, 9.17) is 27.4 Å². The van der Waals surface area contributed by atoms with Crippen LogP contribution in [0, 0.1) is 0 Å². The molecular formula is C17H15Cl2N3O2S. The summed E-state index contributed by atoms with van der Waals surface area (Å²) in [5, 5.41) is 14.1. The van der Waals surface area contributed by atoms with Crippen LogP contribution >= 0.6 is 35.2 Å². The number of hydrogen-bond donors (Lipinski definition) is 1. The summed E-state index contributed by atoms with van der Waals surface area (Å²) in [5.41, 5.74) is 0.761. The SMILES string of the molecule is OC(Cl)(Cc1ccccc1Cl)Cn1ncnc1SOc1ccccc1. The number of halogens is 2. The van der Waals surface area contributed by atoms with E-state index in [2.05, 4.69) is 10.1 Å². The van der Waals surface area contributed by atoms with Crippen molar-refractivity contribution in [3.63, 3.8) is 0 Å². The Hall–Kier alpha value is -1.73. The van der Waals surface area contributed by atoms with Crippen LogP contribution in [0.2, 0.25) is 5.02 Å². The molecular weight excluding hydrogens is 381 g/mol. The Morgan fingerprint density at radius 2 is 1.84 bits per heavy atom. The Labute approximate surface area is 159 Å². The zero-order valence-corrected chi connectivity index (χ0v) is 15.4. The van der Waals surface area contributed by atoms with Crippen molar-refractivity contribution >= 4 is 35.2 Å². The smallest absolute Gasteiger partial charge is 0.226 e. The van der Waals surface area contributed by atoms with Gasteiger partial charge in [-0.1, -0.05) is 59.6 Å². The van der Waals surface area contributed by atoms with Crippen LogP contribution in [0.25, 0.3) is 0 Å². The van der Waals surface area contributed by atoms with Gasteiger partial charge >= 0.3 is 0 Å². The number of rotatable bonds is 7. The van der Waals surface area contributed by atoms with Gasteiger partial charge in [-0.05, 0) is 23.8 Å². The first-order valence-corrected chi connectivity index (χ1v) is 8.95. The first kappa shape index (κ1) is 18.1. The van der Waals surface area contributed by atoms with Crippen molar-refractivity contribution in [1.82, 2.24) is 14.8 Å². The number of para-hydroxylation sites is 1. The van der Waals surface area contributed by atoms with Gasteiger partial charge < -0.3 is 9.29 Å². The molecule has 1 heterocycles. The standard InChI is InChI=1S/C17H15Cl2N3O2S/c18-15-9-5-4-6-13(15)10-17(19,23)11-22-16(20-12-21-22)25-24-14-7-2-1-3-8-14/h1-9,12,23H,10-11H2. The normalized spacial score (nSPS) is 13.4. The molecule has 2 aromatic carbocycles. The monoisotopic (exact) mass is 395 g/mol. The van der Waals surface area contributed by atoms with Gasteiger partial charge in [0.25, 0.3) is 0 Å². The summed E-state index contributed by atoms with van der Waals surface area (Å²) in [7, 11) is 0. The molecule has 0 aliphatic rings. The molecule has 1 N–H and O–H groups in total. The lowest BCUT2D eigenvalue weighted by atomic mass is 10.1. The van der Waals surface area contributed by atoms with E-state index in [9.17, 15) is 5.11 Å². The molecule has 0 spiro atoms. The van der Waals surface area contributed by atoms with Gasteiger partial charge in [0.1, 0.15) is 24.1 Å². The number of nitrogens with zero attached hydrogens (tertiary/aromatic N) is 3. The van der Waals surface area contributed by atoms with Crippen molar-refractivity contribution in [3.05, 3.63) is 71.5 Å². The van der Waals surface area contributed by atoms with Crippen LogP contribution in [0.1, 0.15) is 5.56 Å². The highest BCUT2D eigenvalue weighted by atomic mass is 35.5. The van der Waals surface area contributed by atoms with Crippen molar-refractivity contribution < 1.29 is 9.29 Å². The molecule has 0 saturated heterocycles. The Balaban J connectivity index is 1.66. The van der Waals surface area contributed by atoms with Crippen LogP contribution in [0.5, 0.6) is 5.75 Å². The summed E-state index contributed by atoms with van der Waals surface area (Å²) in [4.78, 5) is 4.13. The molecule has 8 heteroatoms. The largest absolute Gasteiger partial charge is 0.417 e. The molecule has 0 bridgehead atoms. The summed E-state index contributed by atoms with van der Waals surface area (Å²) >= 11 is 13.5. The predicted molar refractivity (Wildman–Crippen MR) is 98.9 cm³/mol. The van der Waals surface area contributed by atoms with Gasteiger partial charge in [0.2, 0.25) is 5.16 Å². The van der Waals surface area contributed by atoms with Crippen LogP contribution < -0.4 is 4.18 Å². The molecule has 0 amide bonds. The van der Waals surface area contributed by atoms with Gasteiger partial charge in [-0.3, -0.25) is 0 Å². The first-order valence-electron chi connectivity index (χ1n) is 7.46. The Kier molecular flexibility index (Phi) is 5.86. The highest BCUT2D eigenvalue weighted by Crippen LogP contribution is 2.27. The topological polar surface area (TPSA) is 60.2 Å². The number of hydrogen-bond acceptors (Lipinski definition) is 5. The van der Waals surface area contributed by atoms with E-state index in [1.807, 2.05) is 48.5 Å². The van der Waals surface area contributed by atoms with E-state index in [1.54, 1.807) is 6.07 Å². The molecule has 130 valence electrons. The van der Waals surface area contributed by atoms with Crippen LogP contribution in [0.15, 0.2) is 66.1 Å². The maximum absolute atomic E-state index is 10.5. The summed E-state index contributed by atoms with van der Waals surface area (Å²) in [5.74, 6) is 0.694. The minimum absolute atomic E-state index is 0.0419. The molecule has 0 radical (unpaired) electrons. The lowest BCUT2D eigenvalue weighted by Gasteiger charge is -2.21. The first-order chi connectivity index (χ1) is 12.0. The van der Waals surface area contributed by atoms with Gasteiger partial charge in [0, 0.05) is 11.4 Å². The van der Waals surface area contributed by atoms with Crippen LogP contribution in [-0.2, 0) is 13.0 Å². The number of benzene rings is 2. The predicted octanol–water partition coefficient (Wildman–Crippen LogP) is 4.19. The van der Waals surface area contributed by atoms with E-state index < -0.39 is 5.06 Å². The second-order valence-corrected chi connectivity index (χ2v) is 7.18. The highest BCUT2D eigenvalue weighted by Gasteiger charge is 2.27. The maximum atomic E-state index is 10.5. The molecule has 1 aromatic heterocycles. The van der Waals surface area contributed by atoms with Gasteiger partial charge in [-0.15, -0.1) is 0 Å². The Bertz CT molecular complexity index is 828. The van der Waals surface area contributed by atoms with Gasteiger partial charge in [-0.25, -0.2) is 9.67 Å². The van der Waals surface area contributed by atoms with E-state index in [1.165, 1.54) is 11.0 Å². The minimum Gasteiger partial charge on any atom is -0.417 e. The second-order valence-electron chi connectivity index (χ2n) is 5.37. The zero-order valence-electron chi connectivity index (χ0n) is 13.0. The molecule has 25 heavy (non-hydrogen) atoms. The molecule has 1 unspecified atom stereocenters. The average Bonchev–Trinajstić information content (AvgIpc) is 3.02. The zero-order chi connectivity index (χ0) is 17.7. The molecule has 1 atom stereocenters. The molecule has 5 nitrogen and oxygen atoms in total. The van der Waals surface area contributed by atoms with Crippen molar-refractivity contribution in [2.75, 3.05) is 0 Å². The van der Waals surface area contributed by atoms with Crippen molar-refractivity contribution in [1.29, 1.82) is 0 Å². The van der Waals surface area contributed by atoms with Gasteiger partial charge in [0.15, 0.2) is 5.06 Å². The number of aromatic nitrogens is 3. The van der Waals surface area contributed by atoms with E-state index in [0.29, 0.717) is 15.9 Å². The molecule has 3 rings (SSSR count). The Morgan fingerprint density at radius 1 is 1.12 bits per heavy atom. The fraction of sp³-hybridized carbons (Fsp3) is 0.176. The number of alkyl halides is 1. The van der Waals surface area contributed by atoms with E-state index in [0.717, 1.165) is 17.6 Å². The van der Waals surface area contributed by atoms with Crippen molar-refractivity contribution in [2.24, 2.45) is 0 Å². The van der Waals surface area contributed by atoms with Crippen LogP contribution in [0.4, 0.5) is 0 Å². The second kappa shape index (κ2) is 8.10. The summed E-state index contributed by atoms with van der Waals surface area (Å²) in [6.45, 7) is 0.0419. The molecule has 0 saturated carbocycles. The van der Waals surface area contributed by atoms with Crippen LogP contribution in [-0.4, -0.2) is 24.9 Å². The maximum Gasteiger partial charge on any atom is 0.226 e. The van der Waals surface area contributed by atoms with Gasteiger partial charge in [-0.2, -0.15) is 5.10 Å². The molecule has 0 aliphatic carbocycles. The molecule has 0 aliphatic heterocycles. The molecule has 0 fully saturated rings. The summed E-state index contributed by atoms with van der Waals surface area (Å²) in [6.07, 6.45) is 1.57. The molecule has 3 aromatic rings. The lowest BCUT2D eigenvalue weighted by Crippen LogP contribution is -2.31. The summed E-state index contributed by atoms with van der Waals surface area (Å²) < 4.78 is 7.09. The van der Waals surface area contributed by atoms with Crippen molar-refractivity contribution in [2.45, 2.75) is 23.2 Å². The fourth-order valence-electron chi connectivity index (χ4n) is 2.21.